The SMILES string of the molecule is NC(=O)c1[nH]cnc1O[C@H]1OC[C@@H](O)[C@@H](O)[C@@H]1O. The van der Waals surface area contributed by atoms with Crippen molar-refractivity contribution in [1.29, 1.82) is 0 Å². The number of rotatable bonds is 3. The summed E-state index contributed by atoms with van der Waals surface area (Å²) in [4.78, 5) is 17.2. The molecule has 1 aromatic heterocycles. The van der Waals surface area contributed by atoms with Crippen LogP contribution in [-0.4, -0.2) is 62.4 Å². The smallest absolute Gasteiger partial charge is 0.270 e. The second-order valence-corrected chi connectivity index (χ2v) is 3.82. The Balaban J connectivity index is 2.09. The summed E-state index contributed by atoms with van der Waals surface area (Å²) in [5.41, 5.74) is 4.99. The van der Waals surface area contributed by atoms with Crippen LogP contribution < -0.4 is 10.5 Å². The molecule has 100 valence electrons. The van der Waals surface area contributed by atoms with Crippen molar-refractivity contribution < 1.29 is 29.6 Å². The van der Waals surface area contributed by atoms with Crippen molar-refractivity contribution in [3.8, 4) is 5.88 Å². The average Bonchev–Trinajstić information content (AvgIpc) is 2.78. The van der Waals surface area contributed by atoms with Gasteiger partial charge in [0.1, 0.15) is 18.3 Å². The number of aromatic amines is 1. The Hall–Kier alpha value is -1.68. The number of carbonyl (C=O) groups excluding carboxylic acids is 1. The molecular formula is C9H13N3O6. The predicted octanol–water partition coefficient (Wildman–Crippen LogP) is -2.67. The summed E-state index contributed by atoms with van der Waals surface area (Å²) in [5, 5.41) is 28.3. The van der Waals surface area contributed by atoms with Gasteiger partial charge in [-0.05, 0) is 0 Å². The number of ether oxygens (including phenoxy) is 2. The molecule has 9 nitrogen and oxygen atoms in total. The average molecular weight is 259 g/mol. The van der Waals surface area contributed by atoms with Crippen LogP contribution in [0.25, 0.3) is 0 Å². The van der Waals surface area contributed by atoms with Gasteiger partial charge < -0.3 is 35.5 Å². The number of nitrogens with one attached hydrogen (secondary N) is 1. The van der Waals surface area contributed by atoms with Gasteiger partial charge in [0.2, 0.25) is 12.2 Å². The summed E-state index contributed by atoms with van der Waals surface area (Å²) in [6, 6.07) is 0. The van der Waals surface area contributed by atoms with E-state index in [9.17, 15) is 20.1 Å². The quantitative estimate of drug-likeness (QED) is 0.397. The number of aliphatic hydroxyl groups excluding tert-OH is 3. The first kappa shape index (κ1) is 12.8. The predicted molar refractivity (Wildman–Crippen MR) is 55.5 cm³/mol. The molecule has 0 unspecified atom stereocenters. The maximum atomic E-state index is 11.0. The number of hydrogen-bond donors (Lipinski definition) is 5. The number of nitrogens with zero attached hydrogens (tertiary/aromatic N) is 1. The molecule has 0 spiro atoms. The number of aromatic nitrogens is 2. The summed E-state index contributed by atoms with van der Waals surface area (Å²) in [7, 11) is 0. The molecule has 18 heavy (non-hydrogen) atoms. The van der Waals surface area contributed by atoms with E-state index >= 15 is 0 Å². The second kappa shape index (κ2) is 4.90. The molecule has 0 saturated carbocycles. The Labute approximate surface area is 101 Å². The fourth-order valence-electron chi connectivity index (χ4n) is 1.54. The lowest BCUT2D eigenvalue weighted by Crippen LogP contribution is -2.54. The number of carbonyl (C=O) groups is 1. The summed E-state index contributed by atoms with van der Waals surface area (Å²) < 4.78 is 10.1. The first-order chi connectivity index (χ1) is 8.50. The lowest BCUT2D eigenvalue weighted by atomic mass is 10.1. The van der Waals surface area contributed by atoms with Crippen molar-refractivity contribution in [2.45, 2.75) is 24.6 Å². The molecule has 6 N–H and O–H groups in total. The minimum Gasteiger partial charge on any atom is -0.443 e. The van der Waals surface area contributed by atoms with Crippen LogP contribution >= 0.6 is 0 Å². The molecule has 2 rings (SSSR count). The number of amides is 1. The first-order valence-corrected chi connectivity index (χ1v) is 5.16. The van der Waals surface area contributed by atoms with E-state index in [0.717, 1.165) is 0 Å². The van der Waals surface area contributed by atoms with Crippen molar-refractivity contribution in [2.75, 3.05) is 6.61 Å². The van der Waals surface area contributed by atoms with E-state index in [1.165, 1.54) is 6.33 Å². The minimum atomic E-state index is -1.47. The van der Waals surface area contributed by atoms with Gasteiger partial charge in [0.25, 0.3) is 5.91 Å². The van der Waals surface area contributed by atoms with Gasteiger partial charge in [0.05, 0.1) is 12.9 Å². The van der Waals surface area contributed by atoms with Crippen LogP contribution in [-0.2, 0) is 4.74 Å². The zero-order valence-electron chi connectivity index (χ0n) is 9.18. The molecular weight excluding hydrogens is 246 g/mol. The summed E-state index contributed by atoms with van der Waals surface area (Å²) in [6.45, 7) is -0.209. The summed E-state index contributed by atoms with van der Waals surface area (Å²) in [5.74, 6) is -0.927. The van der Waals surface area contributed by atoms with Gasteiger partial charge in [-0.3, -0.25) is 4.79 Å². The molecule has 1 fully saturated rings. The fourth-order valence-corrected chi connectivity index (χ4v) is 1.54. The number of nitrogens with two attached hydrogens (primary N) is 1. The molecule has 1 aliphatic rings. The Morgan fingerprint density at radius 1 is 1.50 bits per heavy atom. The molecule has 1 saturated heterocycles. The maximum absolute atomic E-state index is 11.0. The summed E-state index contributed by atoms with van der Waals surface area (Å²) in [6.07, 6.45) is -4.12. The molecule has 2 heterocycles. The summed E-state index contributed by atoms with van der Waals surface area (Å²) >= 11 is 0. The maximum Gasteiger partial charge on any atom is 0.270 e. The van der Waals surface area contributed by atoms with Gasteiger partial charge in [-0.15, -0.1) is 0 Å². The van der Waals surface area contributed by atoms with Crippen molar-refractivity contribution in [1.82, 2.24) is 9.97 Å². The monoisotopic (exact) mass is 259 g/mol. The van der Waals surface area contributed by atoms with Crippen LogP contribution in [0.1, 0.15) is 10.5 Å². The van der Waals surface area contributed by atoms with E-state index in [1.807, 2.05) is 0 Å². The molecule has 1 amide bonds. The van der Waals surface area contributed by atoms with Crippen molar-refractivity contribution in [3.63, 3.8) is 0 Å². The fraction of sp³-hybridized carbons (Fsp3) is 0.556. The van der Waals surface area contributed by atoms with E-state index in [0.29, 0.717) is 0 Å². The van der Waals surface area contributed by atoms with Gasteiger partial charge in [0.15, 0.2) is 5.69 Å². The Morgan fingerprint density at radius 3 is 2.89 bits per heavy atom. The molecule has 0 aliphatic carbocycles. The number of aliphatic hydroxyl groups is 3. The highest BCUT2D eigenvalue weighted by molar-refractivity contribution is 5.93. The standard InChI is InChI=1S/C9H13N3O6/c10-7(16)4-8(12-2-11-4)18-9-6(15)5(14)3(13)1-17-9/h2-3,5-6,9,13-15H,1H2,(H2,10,16)(H,11,12)/t3-,5-,6+,9-/m1/s1. The largest absolute Gasteiger partial charge is 0.443 e. The van der Waals surface area contributed by atoms with Crippen molar-refractivity contribution in [2.24, 2.45) is 5.73 Å². The van der Waals surface area contributed by atoms with Gasteiger partial charge >= 0.3 is 0 Å². The van der Waals surface area contributed by atoms with E-state index in [1.54, 1.807) is 0 Å². The molecule has 0 aromatic carbocycles. The zero-order chi connectivity index (χ0) is 13.3. The highest BCUT2D eigenvalue weighted by Crippen LogP contribution is 2.20. The van der Waals surface area contributed by atoms with E-state index in [-0.39, 0.29) is 18.2 Å². The lowest BCUT2D eigenvalue weighted by Gasteiger charge is -2.34. The third-order valence-electron chi connectivity index (χ3n) is 2.53. The van der Waals surface area contributed by atoms with E-state index < -0.39 is 30.5 Å². The van der Waals surface area contributed by atoms with Crippen LogP contribution in [0.4, 0.5) is 0 Å². The van der Waals surface area contributed by atoms with E-state index in [2.05, 4.69) is 9.97 Å². The Bertz CT molecular complexity index is 436. The van der Waals surface area contributed by atoms with Gasteiger partial charge in [-0.1, -0.05) is 0 Å². The molecule has 9 heteroatoms. The van der Waals surface area contributed by atoms with Gasteiger partial charge in [-0.25, -0.2) is 4.98 Å². The normalized spacial score (nSPS) is 32.2. The van der Waals surface area contributed by atoms with Crippen LogP contribution in [0.5, 0.6) is 5.88 Å². The van der Waals surface area contributed by atoms with Crippen molar-refractivity contribution in [3.05, 3.63) is 12.0 Å². The first-order valence-electron chi connectivity index (χ1n) is 5.16. The third-order valence-corrected chi connectivity index (χ3v) is 2.53. The molecule has 0 radical (unpaired) electrons. The van der Waals surface area contributed by atoms with Crippen LogP contribution in [0, 0.1) is 0 Å². The second-order valence-electron chi connectivity index (χ2n) is 3.82. The highest BCUT2D eigenvalue weighted by atomic mass is 16.7. The molecule has 0 bridgehead atoms. The van der Waals surface area contributed by atoms with Gasteiger partial charge in [-0.2, -0.15) is 0 Å². The van der Waals surface area contributed by atoms with Gasteiger partial charge in [0, 0.05) is 0 Å². The topological polar surface area (TPSA) is 151 Å². The highest BCUT2D eigenvalue weighted by Gasteiger charge is 2.39. The molecule has 1 aliphatic heterocycles. The van der Waals surface area contributed by atoms with Crippen LogP contribution in [0.3, 0.4) is 0 Å². The Morgan fingerprint density at radius 2 is 2.22 bits per heavy atom. The Kier molecular flexibility index (Phi) is 3.48. The number of primary amides is 1. The molecule has 1 aromatic rings. The van der Waals surface area contributed by atoms with Crippen LogP contribution in [0.15, 0.2) is 6.33 Å². The minimum absolute atomic E-state index is 0.0774. The van der Waals surface area contributed by atoms with E-state index in [4.69, 9.17) is 15.2 Å². The lowest BCUT2D eigenvalue weighted by molar-refractivity contribution is -0.242. The number of hydrogen-bond acceptors (Lipinski definition) is 7. The number of H-pyrrole nitrogens is 1. The molecule has 4 atom stereocenters. The third kappa shape index (κ3) is 2.29. The van der Waals surface area contributed by atoms with Crippen molar-refractivity contribution >= 4 is 5.91 Å². The zero-order valence-corrected chi connectivity index (χ0v) is 9.18. The van der Waals surface area contributed by atoms with Crippen LogP contribution in [0.2, 0.25) is 0 Å². The number of imidazole rings is 1.